The maximum Gasteiger partial charge on any atom is 0.217 e. The van der Waals surface area contributed by atoms with Crippen molar-refractivity contribution in [2.45, 2.75) is 46.1 Å². The second-order valence-electron chi connectivity index (χ2n) is 8.47. The van der Waals surface area contributed by atoms with Crippen LogP contribution in [0.2, 0.25) is 0 Å². The summed E-state index contributed by atoms with van der Waals surface area (Å²) >= 11 is 0. The normalized spacial score (nSPS) is 24.3. The Bertz CT molecular complexity index is 487. The number of carbonyl (C=O) groups is 1. The Hall–Kier alpha value is -1.34. The number of primary amides is 1. The van der Waals surface area contributed by atoms with Crippen LogP contribution in [0.1, 0.15) is 40.0 Å². The fourth-order valence-electron chi connectivity index (χ4n) is 4.22. The molecule has 156 valence electrons. The van der Waals surface area contributed by atoms with Crippen LogP contribution in [0, 0.1) is 11.8 Å². The second-order valence-corrected chi connectivity index (χ2v) is 8.47. The van der Waals surface area contributed by atoms with E-state index in [1.807, 2.05) is 0 Å². The topological polar surface area (TPSA) is 77.2 Å². The Morgan fingerprint density at radius 2 is 1.93 bits per heavy atom. The van der Waals surface area contributed by atoms with Gasteiger partial charge >= 0.3 is 0 Å². The van der Waals surface area contributed by atoms with E-state index < -0.39 is 0 Å². The lowest BCUT2D eigenvalue weighted by Gasteiger charge is -2.40. The maximum atomic E-state index is 11.3. The molecule has 2 atom stereocenters. The summed E-state index contributed by atoms with van der Waals surface area (Å²) in [6, 6.07) is 0.471. The van der Waals surface area contributed by atoms with Crippen molar-refractivity contribution in [2.24, 2.45) is 22.6 Å². The number of piperidine rings is 1. The van der Waals surface area contributed by atoms with E-state index in [9.17, 15) is 4.79 Å². The molecule has 7 nitrogen and oxygen atoms in total. The molecular formula is C20H40N6O. The summed E-state index contributed by atoms with van der Waals surface area (Å²) in [5.41, 5.74) is 5.42. The predicted octanol–water partition coefficient (Wildman–Crippen LogP) is 0.811. The molecule has 0 aromatic rings. The van der Waals surface area contributed by atoms with Gasteiger partial charge in [-0.05, 0) is 38.6 Å². The predicted molar refractivity (Wildman–Crippen MR) is 112 cm³/mol. The van der Waals surface area contributed by atoms with Gasteiger partial charge in [0.25, 0.3) is 0 Å². The molecule has 7 heteroatoms. The molecule has 0 radical (unpaired) electrons. The molecule has 2 unspecified atom stereocenters. The van der Waals surface area contributed by atoms with Crippen molar-refractivity contribution in [2.75, 3.05) is 59.4 Å². The largest absolute Gasteiger partial charge is 0.370 e. The number of nitrogens with two attached hydrogens (primary N) is 1. The Morgan fingerprint density at radius 3 is 2.52 bits per heavy atom. The molecule has 0 aliphatic carbocycles. The second kappa shape index (κ2) is 10.9. The van der Waals surface area contributed by atoms with Gasteiger partial charge in [-0.3, -0.25) is 14.7 Å². The number of nitrogens with one attached hydrogen (secondary N) is 1. The number of rotatable bonds is 7. The van der Waals surface area contributed by atoms with Crippen LogP contribution in [0.25, 0.3) is 0 Å². The van der Waals surface area contributed by atoms with Gasteiger partial charge in [0.1, 0.15) is 0 Å². The van der Waals surface area contributed by atoms with Crippen molar-refractivity contribution in [1.82, 2.24) is 20.0 Å². The quantitative estimate of drug-likeness (QED) is 0.505. The van der Waals surface area contributed by atoms with E-state index in [1.165, 1.54) is 0 Å². The third kappa shape index (κ3) is 6.96. The van der Waals surface area contributed by atoms with Crippen molar-refractivity contribution in [3.05, 3.63) is 0 Å². The molecule has 1 amide bonds. The zero-order valence-corrected chi connectivity index (χ0v) is 17.8. The van der Waals surface area contributed by atoms with Crippen LogP contribution >= 0.6 is 0 Å². The average molecular weight is 381 g/mol. The first-order chi connectivity index (χ1) is 12.9. The molecule has 0 saturated carbocycles. The highest BCUT2D eigenvalue weighted by atomic mass is 16.1. The molecule has 2 saturated heterocycles. The fourth-order valence-corrected chi connectivity index (χ4v) is 4.22. The van der Waals surface area contributed by atoms with E-state index in [4.69, 9.17) is 10.7 Å². The molecular weight excluding hydrogens is 340 g/mol. The maximum absolute atomic E-state index is 11.3. The number of hydrogen-bond acceptors (Lipinski definition) is 4. The summed E-state index contributed by atoms with van der Waals surface area (Å²) in [5, 5.41) is 3.46. The first-order valence-electron chi connectivity index (χ1n) is 10.6. The molecule has 0 aromatic heterocycles. The number of aliphatic imine (C=N–C) groups is 1. The number of nitrogens with zero attached hydrogens (tertiary/aromatic N) is 4. The summed E-state index contributed by atoms with van der Waals surface area (Å²) in [4.78, 5) is 23.7. The van der Waals surface area contributed by atoms with Crippen molar-refractivity contribution < 1.29 is 4.79 Å². The zero-order valence-electron chi connectivity index (χ0n) is 17.8. The number of guanidine groups is 1. The van der Waals surface area contributed by atoms with Crippen molar-refractivity contribution in [3.8, 4) is 0 Å². The summed E-state index contributed by atoms with van der Waals surface area (Å²) in [6.07, 6.45) is 2.65. The fraction of sp³-hybridized carbons (Fsp3) is 0.900. The highest BCUT2D eigenvalue weighted by Gasteiger charge is 2.27. The third-order valence-corrected chi connectivity index (χ3v) is 5.85. The minimum absolute atomic E-state index is 0.196. The molecule has 0 aromatic carbocycles. The number of piperazine rings is 1. The van der Waals surface area contributed by atoms with E-state index in [2.05, 4.69) is 47.8 Å². The monoisotopic (exact) mass is 380 g/mol. The molecule has 2 rings (SSSR count). The average Bonchev–Trinajstić information content (AvgIpc) is 2.62. The molecule has 27 heavy (non-hydrogen) atoms. The van der Waals surface area contributed by atoms with E-state index in [0.29, 0.717) is 24.3 Å². The van der Waals surface area contributed by atoms with Gasteiger partial charge in [0.2, 0.25) is 5.91 Å². The Morgan fingerprint density at radius 1 is 1.22 bits per heavy atom. The summed E-state index contributed by atoms with van der Waals surface area (Å²) in [5.74, 6) is 1.72. The van der Waals surface area contributed by atoms with Crippen LogP contribution in [-0.4, -0.2) is 92.0 Å². The van der Waals surface area contributed by atoms with Gasteiger partial charge in [-0.15, -0.1) is 0 Å². The lowest BCUT2D eigenvalue weighted by molar-refractivity contribution is -0.119. The summed E-state index contributed by atoms with van der Waals surface area (Å²) in [6.45, 7) is 14.8. The first-order valence-corrected chi connectivity index (χ1v) is 10.6. The first kappa shape index (κ1) is 22.0. The molecule has 2 fully saturated rings. The standard InChI is InChI=1S/C20H40N6O/c1-5-22-20(26-8-6-7-17(15-26)13-19(21)27)23-14-18(16(2)3)25-11-9-24(4)10-12-25/h16-18H,5-15H2,1-4H3,(H2,21,27)(H,22,23). The van der Waals surface area contributed by atoms with Gasteiger partial charge < -0.3 is 20.9 Å². The van der Waals surface area contributed by atoms with E-state index in [0.717, 1.165) is 71.2 Å². The number of likely N-dealkylation sites (N-methyl/N-ethyl adjacent to an activating group) is 1. The van der Waals surface area contributed by atoms with Crippen molar-refractivity contribution in [1.29, 1.82) is 0 Å². The van der Waals surface area contributed by atoms with Crippen LogP contribution in [0.3, 0.4) is 0 Å². The molecule has 2 aliphatic heterocycles. The smallest absolute Gasteiger partial charge is 0.217 e. The minimum atomic E-state index is -0.196. The number of likely N-dealkylation sites (tertiary alicyclic amines) is 1. The Labute approximate surface area is 165 Å². The molecule has 3 N–H and O–H groups in total. The van der Waals surface area contributed by atoms with Crippen LogP contribution in [0.5, 0.6) is 0 Å². The zero-order chi connectivity index (χ0) is 19.8. The van der Waals surface area contributed by atoms with E-state index in [-0.39, 0.29) is 5.91 Å². The van der Waals surface area contributed by atoms with Gasteiger partial charge in [0.05, 0.1) is 6.54 Å². The summed E-state index contributed by atoms with van der Waals surface area (Å²) < 4.78 is 0. The summed E-state index contributed by atoms with van der Waals surface area (Å²) in [7, 11) is 2.20. The van der Waals surface area contributed by atoms with Crippen molar-refractivity contribution >= 4 is 11.9 Å². The van der Waals surface area contributed by atoms with Gasteiger partial charge in [0, 0.05) is 58.3 Å². The van der Waals surface area contributed by atoms with Gasteiger partial charge in [0.15, 0.2) is 5.96 Å². The van der Waals surface area contributed by atoms with Crippen LogP contribution < -0.4 is 11.1 Å². The third-order valence-electron chi connectivity index (χ3n) is 5.85. The van der Waals surface area contributed by atoms with E-state index in [1.54, 1.807) is 0 Å². The van der Waals surface area contributed by atoms with Gasteiger partial charge in [-0.2, -0.15) is 0 Å². The Balaban J connectivity index is 2.02. The number of carbonyl (C=O) groups excluding carboxylic acids is 1. The van der Waals surface area contributed by atoms with Crippen molar-refractivity contribution in [3.63, 3.8) is 0 Å². The molecule has 0 spiro atoms. The molecule has 2 aliphatic rings. The minimum Gasteiger partial charge on any atom is -0.370 e. The number of amides is 1. The van der Waals surface area contributed by atoms with Gasteiger partial charge in [-0.25, -0.2) is 0 Å². The van der Waals surface area contributed by atoms with Gasteiger partial charge in [-0.1, -0.05) is 13.8 Å². The molecule has 0 bridgehead atoms. The Kier molecular flexibility index (Phi) is 8.83. The SMILES string of the molecule is CCNC(=NCC(C(C)C)N1CCN(C)CC1)N1CCCC(CC(N)=O)C1. The lowest BCUT2D eigenvalue weighted by Crippen LogP contribution is -2.52. The van der Waals surface area contributed by atoms with E-state index >= 15 is 0 Å². The van der Waals surface area contributed by atoms with Crippen LogP contribution in [0.15, 0.2) is 4.99 Å². The number of hydrogen-bond donors (Lipinski definition) is 2. The highest BCUT2D eigenvalue weighted by Crippen LogP contribution is 2.20. The highest BCUT2D eigenvalue weighted by molar-refractivity contribution is 5.80. The molecule has 2 heterocycles. The van der Waals surface area contributed by atoms with Crippen LogP contribution in [0.4, 0.5) is 0 Å². The van der Waals surface area contributed by atoms with Crippen LogP contribution in [-0.2, 0) is 4.79 Å². The lowest BCUT2D eigenvalue weighted by atomic mass is 9.95.